The summed E-state index contributed by atoms with van der Waals surface area (Å²) in [6, 6.07) is 72.6. The van der Waals surface area contributed by atoms with Crippen molar-refractivity contribution in [1.82, 2.24) is 15.0 Å². The molecule has 1 aliphatic heterocycles. The van der Waals surface area contributed by atoms with Crippen molar-refractivity contribution in [2.45, 2.75) is 5.41 Å². The van der Waals surface area contributed by atoms with E-state index in [0.29, 0.717) is 28.6 Å². The zero-order chi connectivity index (χ0) is 42.8. The molecule has 9 aromatic carbocycles. The van der Waals surface area contributed by atoms with Gasteiger partial charge in [-0.25, -0.2) is 15.0 Å². The van der Waals surface area contributed by atoms with Crippen molar-refractivity contribution in [1.29, 1.82) is 10.5 Å². The fourth-order valence-corrected chi connectivity index (χ4v) is 9.81. The van der Waals surface area contributed by atoms with Crippen LogP contribution >= 0.6 is 0 Å². The molecular formula is C58H33N5O. The van der Waals surface area contributed by atoms with Gasteiger partial charge in [0.2, 0.25) is 0 Å². The molecule has 2 aliphatic rings. The largest absolute Gasteiger partial charge is 0.456 e. The van der Waals surface area contributed by atoms with Gasteiger partial charge in [0.15, 0.2) is 17.5 Å². The molecule has 0 saturated heterocycles. The van der Waals surface area contributed by atoms with Crippen LogP contribution in [0.25, 0.3) is 78.3 Å². The second-order valence-corrected chi connectivity index (χ2v) is 16.1. The number of benzene rings is 9. The SMILES string of the molecule is N#Cc1ccc(-c2cccc3c2Oc2ccccc2C32c3cc(-c4nc(-c5ccccc5)nc(-c5ccccc5)n4)ccc3-c3c2cc(-c2ccc(C#N)cc2)c2ccccc32)cc1. The predicted octanol–water partition coefficient (Wildman–Crippen LogP) is 13.6. The van der Waals surface area contributed by atoms with Crippen LogP contribution in [0.4, 0.5) is 0 Å². The van der Waals surface area contributed by atoms with E-state index in [1.54, 1.807) is 0 Å². The van der Waals surface area contributed by atoms with E-state index in [4.69, 9.17) is 19.7 Å². The van der Waals surface area contributed by atoms with Gasteiger partial charge >= 0.3 is 0 Å². The maximum absolute atomic E-state index is 9.74. The molecule has 0 bridgehead atoms. The normalized spacial score (nSPS) is 14.1. The van der Waals surface area contributed by atoms with Crippen LogP contribution in [0.15, 0.2) is 200 Å². The van der Waals surface area contributed by atoms with E-state index in [0.717, 1.165) is 94.6 Å². The summed E-state index contributed by atoms with van der Waals surface area (Å²) in [6.45, 7) is 0. The predicted molar refractivity (Wildman–Crippen MR) is 251 cm³/mol. The van der Waals surface area contributed by atoms with Gasteiger partial charge in [0, 0.05) is 33.4 Å². The molecule has 2 heterocycles. The molecule has 0 N–H and O–H groups in total. The quantitative estimate of drug-likeness (QED) is 0.172. The second kappa shape index (κ2) is 14.6. The van der Waals surface area contributed by atoms with E-state index < -0.39 is 5.41 Å². The average Bonchev–Trinajstić information content (AvgIpc) is 3.66. The standard InChI is InChI=1S/C58H33N5O/c59-34-36-22-26-38(27-23-36)43-18-11-20-49-54(43)64-52-21-10-9-19-48(52)58(49)50-32-42(57-62-55(40-12-3-1-4-13-40)61-56(63-57)41-14-5-2-6-15-41)30-31-46(50)53-45-17-8-7-16-44(45)47(33-51(53)58)39-28-24-37(35-60)25-29-39/h1-33H. The van der Waals surface area contributed by atoms with Gasteiger partial charge in [0.05, 0.1) is 28.7 Å². The van der Waals surface area contributed by atoms with Crippen molar-refractivity contribution >= 4 is 10.8 Å². The first-order valence-electron chi connectivity index (χ1n) is 21.1. The fraction of sp³-hybridized carbons (Fsp3) is 0.0172. The van der Waals surface area contributed by atoms with Gasteiger partial charge in [-0.3, -0.25) is 0 Å². The molecule has 1 spiro atoms. The van der Waals surface area contributed by atoms with Crippen molar-refractivity contribution < 1.29 is 4.74 Å². The highest BCUT2D eigenvalue weighted by atomic mass is 16.5. The molecule has 1 atom stereocenters. The third-order valence-corrected chi connectivity index (χ3v) is 12.7. The third kappa shape index (κ3) is 5.61. The minimum Gasteiger partial charge on any atom is -0.456 e. The number of hydrogen-bond acceptors (Lipinski definition) is 6. The maximum atomic E-state index is 9.74. The number of aromatic nitrogens is 3. The Morgan fingerprint density at radius 2 is 0.906 bits per heavy atom. The Hall–Kier alpha value is -8.97. The summed E-state index contributed by atoms with van der Waals surface area (Å²) >= 11 is 0. The average molecular weight is 816 g/mol. The van der Waals surface area contributed by atoms with Crippen LogP contribution in [0, 0.1) is 22.7 Å². The summed E-state index contributed by atoms with van der Waals surface area (Å²) in [5, 5.41) is 21.7. The summed E-state index contributed by atoms with van der Waals surface area (Å²) in [6.07, 6.45) is 0. The molecule has 10 aromatic rings. The first-order chi connectivity index (χ1) is 31.6. The van der Waals surface area contributed by atoms with Crippen LogP contribution in [0.3, 0.4) is 0 Å². The molecule has 1 aliphatic carbocycles. The number of nitriles is 2. The van der Waals surface area contributed by atoms with Crippen LogP contribution in [0.2, 0.25) is 0 Å². The topological polar surface area (TPSA) is 95.5 Å². The van der Waals surface area contributed by atoms with Crippen LogP contribution in [-0.4, -0.2) is 15.0 Å². The molecule has 296 valence electrons. The lowest BCUT2D eigenvalue weighted by molar-refractivity contribution is 0.438. The minimum absolute atomic E-state index is 0.566. The monoisotopic (exact) mass is 815 g/mol. The van der Waals surface area contributed by atoms with Crippen molar-refractivity contribution in [3.8, 4) is 91.2 Å². The smallest absolute Gasteiger partial charge is 0.164 e. The van der Waals surface area contributed by atoms with E-state index in [1.165, 1.54) is 0 Å². The van der Waals surface area contributed by atoms with Crippen LogP contribution in [0.1, 0.15) is 33.4 Å². The molecule has 0 amide bonds. The van der Waals surface area contributed by atoms with E-state index >= 15 is 0 Å². The van der Waals surface area contributed by atoms with Gasteiger partial charge in [-0.05, 0) is 92.2 Å². The Morgan fingerprint density at radius 3 is 1.55 bits per heavy atom. The second-order valence-electron chi connectivity index (χ2n) is 16.1. The van der Waals surface area contributed by atoms with Gasteiger partial charge in [-0.2, -0.15) is 10.5 Å². The lowest BCUT2D eigenvalue weighted by atomic mass is 9.65. The van der Waals surface area contributed by atoms with Crippen molar-refractivity contribution in [2.75, 3.05) is 0 Å². The van der Waals surface area contributed by atoms with Crippen LogP contribution in [-0.2, 0) is 5.41 Å². The fourth-order valence-electron chi connectivity index (χ4n) is 9.81. The molecular weight excluding hydrogens is 783 g/mol. The first-order valence-corrected chi connectivity index (χ1v) is 21.1. The molecule has 1 unspecified atom stereocenters. The molecule has 0 radical (unpaired) electrons. The maximum Gasteiger partial charge on any atom is 0.164 e. The Kier molecular flexibility index (Phi) is 8.40. The molecule has 6 nitrogen and oxygen atoms in total. The number of fused-ring (bicyclic) bond motifs is 11. The number of para-hydroxylation sites is 2. The van der Waals surface area contributed by atoms with Crippen LogP contribution < -0.4 is 4.74 Å². The lowest BCUT2D eigenvalue weighted by Crippen LogP contribution is -2.32. The number of nitrogens with zero attached hydrogens (tertiary/aromatic N) is 5. The van der Waals surface area contributed by atoms with Crippen LogP contribution in [0.5, 0.6) is 11.5 Å². The highest BCUT2D eigenvalue weighted by Gasteiger charge is 2.52. The lowest BCUT2D eigenvalue weighted by Gasteiger charge is -2.40. The molecule has 0 fully saturated rings. The van der Waals surface area contributed by atoms with Crippen molar-refractivity contribution in [2.24, 2.45) is 0 Å². The number of hydrogen-bond donors (Lipinski definition) is 0. The molecule has 64 heavy (non-hydrogen) atoms. The third-order valence-electron chi connectivity index (χ3n) is 12.7. The van der Waals surface area contributed by atoms with E-state index in [9.17, 15) is 10.5 Å². The summed E-state index contributed by atoms with van der Waals surface area (Å²) in [4.78, 5) is 15.4. The van der Waals surface area contributed by atoms with Gasteiger partial charge in [0.1, 0.15) is 11.5 Å². The van der Waals surface area contributed by atoms with Crippen molar-refractivity contribution in [3.63, 3.8) is 0 Å². The number of rotatable bonds is 5. The Labute approximate surface area is 369 Å². The Balaban J connectivity index is 1.20. The minimum atomic E-state index is -0.879. The highest BCUT2D eigenvalue weighted by Crippen LogP contribution is 2.65. The summed E-state index contributed by atoms with van der Waals surface area (Å²) in [5.41, 5.74) is 13.4. The highest BCUT2D eigenvalue weighted by molar-refractivity contribution is 6.10. The molecule has 12 rings (SSSR count). The molecule has 1 aromatic heterocycles. The van der Waals surface area contributed by atoms with Gasteiger partial charge < -0.3 is 4.74 Å². The summed E-state index contributed by atoms with van der Waals surface area (Å²) < 4.78 is 7.08. The first kappa shape index (κ1) is 36.8. The van der Waals surface area contributed by atoms with E-state index in [2.05, 4.69) is 97.1 Å². The summed E-state index contributed by atoms with van der Waals surface area (Å²) in [5.74, 6) is 3.26. The Morgan fingerprint density at radius 1 is 0.375 bits per heavy atom. The van der Waals surface area contributed by atoms with Crippen molar-refractivity contribution in [3.05, 3.63) is 234 Å². The zero-order valence-electron chi connectivity index (χ0n) is 34.2. The van der Waals surface area contributed by atoms with Gasteiger partial charge in [-0.15, -0.1) is 0 Å². The Bertz CT molecular complexity index is 3530. The summed E-state index contributed by atoms with van der Waals surface area (Å²) in [7, 11) is 0. The van der Waals surface area contributed by atoms with E-state index in [-0.39, 0.29) is 0 Å². The van der Waals surface area contributed by atoms with Gasteiger partial charge in [-0.1, -0.05) is 158 Å². The van der Waals surface area contributed by atoms with E-state index in [1.807, 2.05) is 115 Å². The molecule has 6 heteroatoms. The molecule has 0 saturated carbocycles. The number of ether oxygens (including phenoxy) is 1. The zero-order valence-corrected chi connectivity index (χ0v) is 34.2. The van der Waals surface area contributed by atoms with Gasteiger partial charge in [0.25, 0.3) is 0 Å².